The summed E-state index contributed by atoms with van der Waals surface area (Å²) in [5.74, 6) is -0.223. The van der Waals surface area contributed by atoms with Crippen LogP contribution in [-0.2, 0) is 16.0 Å². The largest absolute Gasteiger partial charge is 0.448 e. The summed E-state index contributed by atoms with van der Waals surface area (Å²) in [6.45, 7) is 5.23. The molecule has 6 heteroatoms. The summed E-state index contributed by atoms with van der Waals surface area (Å²) in [6.07, 6.45) is -0.154. The van der Waals surface area contributed by atoms with E-state index in [-0.39, 0.29) is 17.6 Å². The number of hydrogen-bond acceptors (Lipinski definition) is 5. The summed E-state index contributed by atoms with van der Waals surface area (Å²) < 4.78 is 11.1. The number of amides is 1. The van der Waals surface area contributed by atoms with E-state index in [1.54, 1.807) is 18.7 Å². The Hall–Kier alpha value is -3.41. The maximum Gasteiger partial charge on any atom is 0.361 e. The average Bonchev–Trinajstić information content (AvgIpc) is 3.27. The molecule has 0 fully saturated rings. The number of fused-ring (bicyclic) bond motifs is 1. The number of rotatable bonds is 4. The number of benzene rings is 2. The van der Waals surface area contributed by atoms with Gasteiger partial charge in [0.25, 0.3) is 5.91 Å². The summed E-state index contributed by atoms with van der Waals surface area (Å²) in [7, 11) is 0. The third-order valence-corrected chi connectivity index (χ3v) is 5.09. The lowest BCUT2D eigenvalue weighted by Crippen LogP contribution is -2.43. The van der Waals surface area contributed by atoms with Crippen LogP contribution in [0.15, 0.2) is 59.0 Å². The van der Waals surface area contributed by atoms with Crippen molar-refractivity contribution < 1.29 is 18.7 Å². The number of ether oxygens (including phenoxy) is 1. The fourth-order valence-corrected chi connectivity index (χ4v) is 3.65. The van der Waals surface area contributed by atoms with E-state index >= 15 is 0 Å². The van der Waals surface area contributed by atoms with Gasteiger partial charge in [0.2, 0.25) is 5.89 Å². The zero-order valence-electron chi connectivity index (χ0n) is 16.6. The third kappa shape index (κ3) is 3.53. The van der Waals surface area contributed by atoms with Gasteiger partial charge in [0, 0.05) is 17.3 Å². The molecule has 0 saturated heterocycles. The number of oxazole rings is 1. The number of esters is 1. The maximum absolute atomic E-state index is 13.0. The molecule has 2 aromatic carbocycles. The number of para-hydroxylation sites is 1. The van der Waals surface area contributed by atoms with Crippen LogP contribution < -0.4 is 4.90 Å². The Labute approximate surface area is 169 Å². The molecule has 6 nitrogen and oxygen atoms in total. The number of anilines is 1. The normalized spacial score (nSPS) is 16.4. The van der Waals surface area contributed by atoms with Gasteiger partial charge in [0.05, 0.1) is 0 Å². The Bertz CT molecular complexity index is 1060. The molecule has 1 aliphatic heterocycles. The van der Waals surface area contributed by atoms with E-state index < -0.39 is 12.1 Å². The van der Waals surface area contributed by atoms with Crippen molar-refractivity contribution in [2.75, 3.05) is 4.90 Å². The van der Waals surface area contributed by atoms with Gasteiger partial charge in [-0.2, -0.15) is 0 Å². The van der Waals surface area contributed by atoms with Gasteiger partial charge < -0.3 is 14.1 Å². The highest BCUT2D eigenvalue weighted by molar-refractivity contribution is 6.00. The number of hydrogen-bond donors (Lipinski definition) is 0. The van der Waals surface area contributed by atoms with Crippen molar-refractivity contribution in [3.05, 3.63) is 71.6 Å². The topological polar surface area (TPSA) is 72.6 Å². The predicted molar refractivity (Wildman–Crippen MR) is 109 cm³/mol. The summed E-state index contributed by atoms with van der Waals surface area (Å²) in [4.78, 5) is 31.6. The van der Waals surface area contributed by atoms with E-state index in [4.69, 9.17) is 9.15 Å². The lowest BCUT2D eigenvalue weighted by Gasteiger charge is -2.25. The van der Waals surface area contributed by atoms with Crippen LogP contribution in [0.5, 0.6) is 0 Å². The Morgan fingerprint density at radius 1 is 1.14 bits per heavy atom. The van der Waals surface area contributed by atoms with Gasteiger partial charge in [-0.15, -0.1) is 0 Å². The van der Waals surface area contributed by atoms with Crippen molar-refractivity contribution in [2.24, 2.45) is 0 Å². The number of carbonyl (C=O) groups is 2. The highest BCUT2D eigenvalue weighted by atomic mass is 16.5. The van der Waals surface area contributed by atoms with Crippen LogP contribution in [0, 0.1) is 6.92 Å². The van der Waals surface area contributed by atoms with Gasteiger partial charge in [0.1, 0.15) is 5.76 Å². The van der Waals surface area contributed by atoms with E-state index in [2.05, 4.69) is 4.98 Å². The zero-order valence-corrected chi connectivity index (χ0v) is 16.6. The first-order valence-corrected chi connectivity index (χ1v) is 9.60. The second-order valence-electron chi connectivity index (χ2n) is 7.23. The van der Waals surface area contributed by atoms with Gasteiger partial charge in [-0.05, 0) is 51.0 Å². The molecule has 29 heavy (non-hydrogen) atoms. The molecule has 2 heterocycles. The van der Waals surface area contributed by atoms with Crippen molar-refractivity contribution in [2.45, 2.75) is 39.3 Å². The van der Waals surface area contributed by atoms with Crippen LogP contribution in [-0.4, -0.2) is 29.0 Å². The summed E-state index contributed by atoms with van der Waals surface area (Å²) in [6, 6.07) is 17.1. The molecule has 0 N–H and O–H groups in total. The molecule has 1 aliphatic rings. The summed E-state index contributed by atoms with van der Waals surface area (Å²) in [5.41, 5.74) is 2.84. The minimum atomic E-state index is -0.938. The average molecular weight is 390 g/mol. The summed E-state index contributed by atoms with van der Waals surface area (Å²) >= 11 is 0. The van der Waals surface area contributed by atoms with Crippen LogP contribution >= 0.6 is 0 Å². The van der Waals surface area contributed by atoms with Gasteiger partial charge in [0.15, 0.2) is 11.8 Å². The van der Waals surface area contributed by atoms with Crippen molar-refractivity contribution >= 4 is 17.6 Å². The van der Waals surface area contributed by atoms with Gasteiger partial charge in [-0.1, -0.05) is 36.4 Å². The first-order chi connectivity index (χ1) is 14.0. The smallest absolute Gasteiger partial charge is 0.361 e. The zero-order chi connectivity index (χ0) is 20.5. The van der Waals surface area contributed by atoms with Gasteiger partial charge in [-0.25, -0.2) is 9.78 Å². The number of aromatic nitrogens is 1. The van der Waals surface area contributed by atoms with Crippen LogP contribution in [0.2, 0.25) is 0 Å². The van der Waals surface area contributed by atoms with Crippen molar-refractivity contribution in [1.82, 2.24) is 4.98 Å². The molecule has 2 atom stereocenters. The van der Waals surface area contributed by atoms with Crippen molar-refractivity contribution in [3.63, 3.8) is 0 Å². The molecule has 0 unspecified atom stereocenters. The molecule has 148 valence electrons. The monoisotopic (exact) mass is 390 g/mol. The Morgan fingerprint density at radius 2 is 1.83 bits per heavy atom. The highest BCUT2D eigenvalue weighted by Gasteiger charge is 2.35. The molecular weight excluding hydrogens is 368 g/mol. The van der Waals surface area contributed by atoms with E-state index in [1.165, 1.54) is 0 Å². The molecule has 0 saturated carbocycles. The standard InChI is InChI=1S/C23H22N2O4/c1-14-13-18-11-7-8-12-19(18)25(14)22(26)16(3)29-23(27)20-15(2)28-21(24-20)17-9-5-4-6-10-17/h4-12,14,16H,13H2,1-3H3/t14-,16+/m1/s1. The maximum atomic E-state index is 13.0. The second kappa shape index (κ2) is 7.54. The van der Waals surface area contributed by atoms with Gasteiger partial charge >= 0.3 is 5.97 Å². The lowest BCUT2D eigenvalue weighted by molar-refractivity contribution is -0.126. The SMILES string of the molecule is Cc1oc(-c2ccccc2)nc1C(=O)O[C@@H](C)C(=O)N1c2ccccc2C[C@H]1C. The van der Waals surface area contributed by atoms with Crippen molar-refractivity contribution in [3.8, 4) is 11.5 Å². The third-order valence-electron chi connectivity index (χ3n) is 5.09. The molecule has 0 spiro atoms. The Morgan fingerprint density at radius 3 is 2.59 bits per heavy atom. The molecule has 0 radical (unpaired) electrons. The quantitative estimate of drug-likeness (QED) is 0.625. The molecule has 0 bridgehead atoms. The number of nitrogens with zero attached hydrogens (tertiary/aromatic N) is 2. The van der Waals surface area contributed by atoms with Crippen LogP contribution in [0.1, 0.15) is 35.7 Å². The predicted octanol–water partition coefficient (Wildman–Crippen LogP) is 4.17. The van der Waals surface area contributed by atoms with Crippen LogP contribution in [0.3, 0.4) is 0 Å². The first kappa shape index (κ1) is 18.9. The first-order valence-electron chi connectivity index (χ1n) is 9.60. The molecule has 1 amide bonds. The fourth-order valence-electron chi connectivity index (χ4n) is 3.65. The van der Waals surface area contributed by atoms with E-state index in [1.807, 2.05) is 61.5 Å². The highest BCUT2D eigenvalue weighted by Crippen LogP contribution is 2.32. The van der Waals surface area contributed by atoms with Crippen LogP contribution in [0.25, 0.3) is 11.5 Å². The molecule has 1 aromatic heterocycles. The fraction of sp³-hybridized carbons (Fsp3) is 0.261. The van der Waals surface area contributed by atoms with E-state index in [0.29, 0.717) is 11.7 Å². The van der Waals surface area contributed by atoms with Crippen molar-refractivity contribution in [1.29, 1.82) is 0 Å². The Balaban J connectivity index is 1.50. The molecule has 3 aromatic rings. The minimum absolute atomic E-state index is 0.0134. The van der Waals surface area contributed by atoms with E-state index in [9.17, 15) is 9.59 Å². The lowest BCUT2D eigenvalue weighted by atomic mass is 10.1. The molecule has 0 aliphatic carbocycles. The minimum Gasteiger partial charge on any atom is -0.448 e. The number of aryl methyl sites for hydroxylation is 1. The van der Waals surface area contributed by atoms with E-state index in [0.717, 1.165) is 23.2 Å². The molecular formula is C23H22N2O4. The molecule has 4 rings (SSSR count). The number of carbonyl (C=O) groups excluding carboxylic acids is 2. The Kier molecular flexibility index (Phi) is 4.92. The summed E-state index contributed by atoms with van der Waals surface area (Å²) in [5, 5.41) is 0. The van der Waals surface area contributed by atoms with Crippen LogP contribution in [0.4, 0.5) is 5.69 Å². The van der Waals surface area contributed by atoms with Gasteiger partial charge in [-0.3, -0.25) is 4.79 Å². The second-order valence-corrected chi connectivity index (χ2v) is 7.23.